The summed E-state index contributed by atoms with van der Waals surface area (Å²) >= 11 is 0. The van der Waals surface area contributed by atoms with Gasteiger partial charge in [-0.25, -0.2) is 4.39 Å². The molecule has 0 bridgehead atoms. The Morgan fingerprint density at radius 2 is 2.25 bits per heavy atom. The van der Waals surface area contributed by atoms with Gasteiger partial charge >= 0.3 is 0 Å². The molecular weight excluding hydrogens is 157 g/mol. The normalized spacial score (nSPS) is 9.92. The van der Waals surface area contributed by atoms with Gasteiger partial charge in [-0.3, -0.25) is 0 Å². The molecule has 0 aliphatic carbocycles. The summed E-state index contributed by atoms with van der Waals surface area (Å²) < 4.78 is 18.1. The standard InChI is InChI=1S/C9H12FNO/c1-11-6-7-8(10)4-3-5-9(7)12-2/h3-5,11H,6H2,1-2H3. The van der Waals surface area contributed by atoms with E-state index in [9.17, 15) is 4.39 Å². The highest BCUT2D eigenvalue weighted by Gasteiger charge is 2.06. The molecule has 0 atom stereocenters. The highest BCUT2D eigenvalue weighted by molar-refractivity contribution is 5.34. The van der Waals surface area contributed by atoms with Gasteiger partial charge in [0.25, 0.3) is 0 Å². The van der Waals surface area contributed by atoms with E-state index >= 15 is 0 Å². The van der Waals surface area contributed by atoms with Crippen molar-refractivity contribution < 1.29 is 9.13 Å². The van der Waals surface area contributed by atoms with Gasteiger partial charge in [0, 0.05) is 12.1 Å². The molecule has 1 N–H and O–H groups in total. The van der Waals surface area contributed by atoms with Crippen LogP contribution in [0.3, 0.4) is 0 Å². The molecule has 1 aromatic rings. The first-order valence-electron chi connectivity index (χ1n) is 3.75. The number of benzene rings is 1. The van der Waals surface area contributed by atoms with Crippen molar-refractivity contribution >= 4 is 0 Å². The molecule has 0 aliphatic rings. The van der Waals surface area contributed by atoms with Gasteiger partial charge in [-0.05, 0) is 19.2 Å². The number of hydrogen-bond acceptors (Lipinski definition) is 2. The molecule has 12 heavy (non-hydrogen) atoms. The molecule has 1 aromatic carbocycles. The van der Waals surface area contributed by atoms with Crippen LogP contribution in [0.25, 0.3) is 0 Å². The number of hydrogen-bond donors (Lipinski definition) is 1. The number of nitrogens with one attached hydrogen (secondary N) is 1. The number of halogens is 1. The summed E-state index contributed by atoms with van der Waals surface area (Å²) in [6.45, 7) is 0.482. The molecule has 0 radical (unpaired) electrons. The Bertz CT molecular complexity index is 263. The van der Waals surface area contributed by atoms with E-state index in [0.29, 0.717) is 17.9 Å². The zero-order valence-corrected chi connectivity index (χ0v) is 7.23. The molecule has 1 rings (SSSR count). The lowest BCUT2D eigenvalue weighted by Crippen LogP contribution is -2.08. The fourth-order valence-corrected chi connectivity index (χ4v) is 1.08. The Morgan fingerprint density at radius 1 is 1.50 bits per heavy atom. The van der Waals surface area contributed by atoms with Crippen LogP contribution in [0.4, 0.5) is 4.39 Å². The van der Waals surface area contributed by atoms with E-state index in [1.54, 1.807) is 19.2 Å². The van der Waals surface area contributed by atoms with Gasteiger partial charge < -0.3 is 10.1 Å². The predicted molar refractivity (Wildman–Crippen MR) is 45.7 cm³/mol. The Hall–Kier alpha value is -1.09. The van der Waals surface area contributed by atoms with Gasteiger partial charge in [-0.1, -0.05) is 6.07 Å². The van der Waals surface area contributed by atoms with Gasteiger partial charge in [-0.15, -0.1) is 0 Å². The zero-order chi connectivity index (χ0) is 8.97. The lowest BCUT2D eigenvalue weighted by Gasteiger charge is -2.07. The minimum Gasteiger partial charge on any atom is -0.496 e. The predicted octanol–water partition coefficient (Wildman–Crippen LogP) is 1.55. The van der Waals surface area contributed by atoms with Crippen molar-refractivity contribution in [3.63, 3.8) is 0 Å². The molecule has 0 unspecified atom stereocenters. The van der Waals surface area contributed by atoms with Crippen LogP contribution < -0.4 is 10.1 Å². The molecule has 0 saturated heterocycles. The summed E-state index contributed by atoms with van der Waals surface area (Å²) in [5.74, 6) is 0.355. The molecule has 0 saturated carbocycles. The fourth-order valence-electron chi connectivity index (χ4n) is 1.08. The van der Waals surface area contributed by atoms with Crippen LogP contribution in [0.15, 0.2) is 18.2 Å². The van der Waals surface area contributed by atoms with Crippen molar-refractivity contribution in [1.29, 1.82) is 0 Å². The van der Waals surface area contributed by atoms with Crippen molar-refractivity contribution in [3.05, 3.63) is 29.6 Å². The summed E-state index contributed by atoms with van der Waals surface area (Å²) in [7, 11) is 3.31. The SMILES string of the molecule is CNCc1c(F)cccc1OC. The molecule has 0 heterocycles. The first-order chi connectivity index (χ1) is 5.79. The van der Waals surface area contributed by atoms with Crippen LogP contribution in [0.1, 0.15) is 5.56 Å². The Kier molecular flexibility index (Phi) is 3.05. The van der Waals surface area contributed by atoms with Crippen LogP contribution in [-0.2, 0) is 6.54 Å². The highest BCUT2D eigenvalue weighted by Crippen LogP contribution is 2.20. The number of methoxy groups -OCH3 is 1. The molecule has 0 spiro atoms. The third-order valence-corrected chi connectivity index (χ3v) is 1.65. The number of ether oxygens (including phenoxy) is 1. The molecule has 0 amide bonds. The van der Waals surface area contributed by atoms with Gasteiger partial charge in [0.15, 0.2) is 0 Å². The molecule has 0 aromatic heterocycles. The second-order valence-electron chi connectivity index (χ2n) is 2.45. The Labute approximate surface area is 71.4 Å². The first-order valence-corrected chi connectivity index (χ1v) is 3.75. The van der Waals surface area contributed by atoms with Crippen molar-refractivity contribution in [2.24, 2.45) is 0 Å². The zero-order valence-electron chi connectivity index (χ0n) is 7.23. The van der Waals surface area contributed by atoms with Gasteiger partial charge in [0.1, 0.15) is 11.6 Å². The van der Waals surface area contributed by atoms with E-state index in [2.05, 4.69) is 5.32 Å². The van der Waals surface area contributed by atoms with E-state index in [1.807, 2.05) is 0 Å². The topological polar surface area (TPSA) is 21.3 Å². The number of rotatable bonds is 3. The lowest BCUT2D eigenvalue weighted by atomic mass is 10.2. The second-order valence-corrected chi connectivity index (χ2v) is 2.45. The quantitative estimate of drug-likeness (QED) is 0.741. The smallest absolute Gasteiger partial charge is 0.131 e. The molecule has 0 aliphatic heterocycles. The van der Waals surface area contributed by atoms with Crippen molar-refractivity contribution in [1.82, 2.24) is 5.32 Å². The minimum absolute atomic E-state index is 0.233. The van der Waals surface area contributed by atoms with Gasteiger partial charge in [0.2, 0.25) is 0 Å². The maximum Gasteiger partial charge on any atom is 0.131 e. The Morgan fingerprint density at radius 3 is 2.83 bits per heavy atom. The van der Waals surface area contributed by atoms with E-state index < -0.39 is 0 Å². The van der Waals surface area contributed by atoms with E-state index in [1.165, 1.54) is 13.2 Å². The van der Waals surface area contributed by atoms with E-state index in [0.717, 1.165) is 0 Å². The summed E-state index contributed by atoms with van der Waals surface area (Å²) in [5, 5.41) is 2.88. The van der Waals surface area contributed by atoms with E-state index in [4.69, 9.17) is 4.74 Å². The first kappa shape index (κ1) is 9.00. The third-order valence-electron chi connectivity index (χ3n) is 1.65. The average molecular weight is 169 g/mol. The average Bonchev–Trinajstić information content (AvgIpc) is 2.09. The molecule has 2 nitrogen and oxygen atoms in total. The van der Waals surface area contributed by atoms with Crippen LogP contribution in [-0.4, -0.2) is 14.2 Å². The van der Waals surface area contributed by atoms with Crippen molar-refractivity contribution in [3.8, 4) is 5.75 Å². The summed E-state index contributed by atoms with van der Waals surface area (Å²) in [4.78, 5) is 0. The van der Waals surface area contributed by atoms with Crippen LogP contribution >= 0.6 is 0 Å². The minimum atomic E-state index is -0.233. The fraction of sp³-hybridized carbons (Fsp3) is 0.333. The molecule has 3 heteroatoms. The maximum atomic E-state index is 13.1. The van der Waals surface area contributed by atoms with Crippen molar-refractivity contribution in [2.75, 3.05) is 14.2 Å². The molecule has 0 fully saturated rings. The maximum absolute atomic E-state index is 13.1. The second kappa shape index (κ2) is 4.07. The van der Waals surface area contributed by atoms with Crippen LogP contribution in [0, 0.1) is 5.82 Å². The summed E-state index contributed by atoms with van der Waals surface area (Å²) in [5.41, 5.74) is 0.572. The largest absolute Gasteiger partial charge is 0.496 e. The van der Waals surface area contributed by atoms with Gasteiger partial charge in [-0.2, -0.15) is 0 Å². The Balaban J connectivity index is 3.02. The summed E-state index contributed by atoms with van der Waals surface area (Å²) in [6, 6.07) is 4.80. The van der Waals surface area contributed by atoms with Gasteiger partial charge in [0.05, 0.1) is 7.11 Å². The summed E-state index contributed by atoms with van der Waals surface area (Å²) in [6.07, 6.45) is 0. The van der Waals surface area contributed by atoms with Crippen LogP contribution in [0.5, 0.6) is 5.75 Å². The molecule has 66 valence electrons. The van der Waals surface area contributed by atoms with E-state index in [-0.39, 0.29) is 5.82 Å². The van der Waals surface area contributed by atoms with Crippen LogP contribution in [0.2, 0.25) is 0 Å². The highest BCUT2D eigenvalue weighted by atomic mass is 19.1. The van der Waals surface area contributed by atoms with Crippen molar-refractivity contribution in [2.45, 2.75) is 6.54 Å². The lowest BCUT2D eigenvalue weighted by molar-refractivity contribution is 0.403. The monoisotopic (exact) mass is 169 g/mol. The third kappa shape index (κ3) is 1.74. The molecular formula is C9H12FNO.